The third-order valence-electron chi connectivity index (χ3n) is 5.43. The number of rotatable bonds is 11. The van der Waals surface area contributed by atoms with Gasteiger partial charge in [0.25, 0.3) is 5.91 Å². The number of amides is 1. The van der Waals surface area contributed by atoms with Crippen LogP contribution in [-0.4, -0.2) is 42.0 Å². The molecule has 0 aromatic heterocycles. The van der Waals surface area contributed by atoms with Crippen molar-refractivity contribution in [3.63, 3.8) is 0 Å². The van der Waals surface area contributed by atoms with Crippen molar-refractivity contribution in [3.05, 3.63) is 58.5 Å². The van der Waals surface area contributed by atoms with Gasteiger partial charge in [-0.1, -0.05) is 56.0 Å². The van der Waals surface area contributed by atoms with E-state index in [0.717, 1.165) is 24.2 Å². The van der Waals surface area contributed by atoms with Gasteiger partial charge < -0.3 is 14.2 Å². The van der Waals surface area contributed by atoms with E-state index in [-0.39, 0.29) is 5.91 Å². The number of thioether (sulfide) groups is 1. The van der Waals surface area contributed by atoms with E-state index in [1.807, 2.05) is 43.3 Å². The van der Waals surface area contributed by atoms with Crippen LogP contribution in [0, 0.1) is 0 Å². The van der Waals surface area contributed by atoms with Crippen molar-refractivity contribution < 1.29 is 19.0 Å². The zero-order valence-corrected chi connectivity index (χ0v) is 21.3. The standard InChI is InChI=1S/C26H31NO4S2/c1-5-18(3)20-9-11-21(12-10-20)30-14-7-15-31-22-13-8-19(16-23(22)29-6-2)17-24-25(28)27(4)26(32)33-24/h8-13,16-18H,5-7,14-15H2,1-4H3/b24-17+. The quantitative estimate of drug-likeness (QED) is 0.212. The molecule has 176 valence electrons. The third-order valence-corrected chi connectivity index (χ3v) is 6.91. The molecule has 2 aromatic carbocycles. The van der Waals surface area contributed by atoms with E-state index in [4.69, 9.17) is 26.4 Å². The SMILES string of the molecule is CCOc1cc(/C=C2/SC(=S)N(C)C2=O)ccc1OCCCOc1ccc(C(C)CC)cc1. The van der Waals surface area contributed by atoms with Crippen molar-refractivity contribution in [2.75, 3.05) is 26.9 Å². The van der Waals surface area contributed by atoms with E-state index in [1.54, 1.807) is 7.05 Å². The lowest BCUT2D eigenvalue weighted by atomic mass is 9.99. The summed E-state index contributed by atoms with van der Waals surface area (Å²) >= 11 is 6.50. The Hall–Kier alpha value is -2.51. The minimum absolute atomic E-state index is 0.0854. The molecule has 0 saturated carbocycles. The number of carbonyl (C=O) groups excluding carboxylic acids is 1. The normalized spacial score (nSPS) is 15.8. The molecule has 1 aliphatic rings. The number of carbonyl (C=O) groups is 1. The Morgan fingerprint density at radius 3 is 2.39 bits per heavy atom. The summed E-state index contributed by atoms with van der Waals surface area (Å²) in [4.78, 5) is 14.3. The summed E-state index contributed by atoms with van der Waals surface area (Å²) < 4.78 is 18.1. The Labute approximate surface area is 206 Å². The molecule has 3 rings (SSSR count). The summed E-state index contributed by atoms with van der Waals surface area (Å²) in [6, 6.07) is 14.0. The van der Waals surface area contributed by atoms with Gasteiger partial charge in [-0.2, -0.15) is 0 Å². The van der Waals surface area contributed by atoms with Crippen molar-refractivity contribution in [2.45, 2.75) is 39.5 Å². The Bertz CT molecular complexity index is 1000. The van der Waals surface area contributed by atoms with Crippen LogP contribution in [-0.2, 0) is 4.79 Å². The van der Waals surface area contributed by atoms with Gasteiger partial charge in [0.15, 0.2) is 11.5 Å². The summed E-state index contributed by atoms with van der Waals surface area (Å²) in [5, 5.41) is 0. The molecule has 1 aliphatic heterocycles. The van der Waals surface area contributed by atoms with Gasteiger partial charge in [-0.25, -0.2) is 0 Å². The zero-order chi connectivity index (χ0) is 23.8. The summed E-state index contributed by atoms with van der Waals surface area (Å²) in [5.41, 5.74) is 2.20. The number of hydrogen-bond donors (Lipinski definition) is 0. The highest BCUT2D eigenvalue weighted by Gasteiger charge is 2.28. The molecule has 0 aliphatic carbocycles. The molecule has 1 heterocycles. The van der Waals surface area contributed by atoms with Gasteiger partial charge in [0.1, 0.15) is 10.1 Å². The lowest BCUT2D eigenvalue weighted by Crippen LogP contribution is -2.22. The molecule has 2 aromatic rings. The second-order valence-corrected chi connectivity index (χ2v) is 9.48. The van der Waals surface area contributed by atoms with Gasteiger partial charge in [0.05, 0.1) is 24.7 Å². The molecule has 0 N–H and O–H groups in total. The maximum absolute atomic E-state index is 12.2. The Morgan fingerprint density at radius 1 is 1.03 bits per heavy atom. The van der Waals surface area contributed by atoms with Gasteiger partial charge in [-0.05, 0) is 60.7 Å². The van der Waals surface area contributed by atoms with Crippen LogP contribution in [0.3, 0.4) is 0 Å². The first kappa shape index (κ1) is 25.1. The van der Waals surface area contributed by atoms with Crippen LogP contribution >= 0.6 is 24.0 Å². The van der Waals surface area contributed by atoms with E-state index < -0.39 is 0 Å². The molecule has 7 heteroatoms. The predicted molar refractivity (Wildman–Crippen MR) is 139 cm³/mol. The van der Waals surface area contributed by atoms with Crippen molar-refractivity contribution >= 4 is 40.3 Å². The summed E-state index contributed by atoms with van der Waals surface area (Å²) in [6.45, 7) is 7.96. The lowest BCUT2D eigenvalue weighted by molar-refractivity contribution is -0.121. The molecule has 33 heavy (non-hydrogen) atoms. The topological polar surface area (TPSA) is 48.0 Å². The average molecular weight is 486 g/mol. The molecular formula is C26H31NO4S2. The number of likely N-dealkylation sites (N-methyl/N-ethyl adjacent to an activating group) is 1. The molecule has 1 saturated heterocycles. The predicted octanol–water partition coefficient (Wildman–Crippen LogP) is 6.28. The number of hydrogen-bond acceptors (Lipinski definition) is 6. The number of thiocarbonyl (C=S) groups is 1. The maximum atomic E-state index is 12.2. The van der Waals surface area contributed by atoms with Crippen LogP contribution in [0.15, 0.2) is 47.4 Å². The fraction of sp³-hybridized carbons (Fsp3) is 0.385. The monoisotopic (exact) mass is 485 g/mol. The van der Waals surface area contributed by atoms with Crippen molar-refractivity contribution in [1.29, 1.82) is 0 Å². The van der Waals surface area contributed by atoms with Crippen LogP contribution in [0.5, 0.6) is 17.2 Å². The summed E-state index contributed by atoms with van der Waals surface area (Å²) in [5.74, 6) is 2.68. The van der Waals surface area contributed by atoms with Gasteiger partial charge in [0, 0.05) is 13.5 Å². The highest BCUT2D eigenvalue weighted by Crippen LogP contribution is 2.34. The van der Waals surface area contributed by atoms with Crippen LogP contribution < -0.4 is 14.2 Å². The first-order valence-corrected chi connectivity index (χ1v) is 12.5. The van der Waals surface area contributed by atoms with Crippen LogP contribution in [0.4, 0.5) is 0 Å². The Morgan fingerprint density at radius 2 is 1.76 bits per heavy atom. The number of ether oxygens (including phenoxy) is 3. The summed E-state index contributed by atoms with van der Waals surface area (Å²) in [6.07, 6.45) is 3.71. The van der Waals surface area contributed by atoms with Gasteiger partial charge in [0.2, 0.25) is 0 Å². The molecule has 0 bridgehead atoms. The minimum Gasteiger partial charge on any atom is -0.493 e. The van der Waals surface area contributed by atoms with E-state index in [2.05, 4.69) is 26.0 Å². The van der Waals surface area contributed by atoms with Crippen LogP contribution in [0.2, 0.25) is 0 Å². The maximum Gasteiger partial charge on any atom is 0.265 e. The Kier molecular flexibility index (Phi) is 9.21. The van der Waals surface area contributed by atoms with Gasteiger partial charge in [-0.3, -0.25) is 9.69 Å². The van der Waals surface area contributed by atoms with Crippen LogP contribution in [0.1, 0.15) is 50.7 Å². The fourth-order valence-corrected chi connectivity index (χ4v) is 4.44. The minimum atomic E-state index is -0.0854. The van der Waals surface area contributed by atoms with Crippen molar-refractivity contribution in [1.82, 2.24) is 4.90 Å². The molecule has 1 fully saturated rings. The Balaban J connectivity index is 1.53. The molecule has 5 nitrogen and oxygen atoms in total. The van der Waals surface area contributed by atoms with E-state index >= 15 is 0 Å². The first-order chi connectivity index (χ1) is 15.9. The third kappa shape index (κ3) is 6.74. The van der Waals surface area contributed by atoms with Crippen molar-refractivity contribution in [2.24, 2.45) is 0 Å². The first-order valence-electron chi connectivity index (χ1n) is 11.3. The van der Waals surface area contributed by atoms with E-state index in [1.165, 1.54) is 22.2 Å². The molecule has 1 atom stereocenters. The molecule has 1 unspecified atom stereocenters. The van der Waals surface area contributed by atoms with E-state index in [0.29, 0.717) is 46.5 Å². The summed E-state index contributed by atoms with van der Waals surface area (Å²) in [7, 11) is 1.69. The van der Waals surface area contributed by atoms with Crippen LogP contribution in [0.25, 0.3) is 6.08 Å². The van der Waals surface area contributed by atoms with Crippen molar-refractivity contribution in [3.8, 4) is 17.2 Å². The largest absolute Gasteiger partial charge is 0.493 e. The second-order valence-electron chi connectivity index (χ2n) is 7.81. The highest BCUT2D eigenvalue weighted by molar-refractivity contribution is 8.26. The number of benzene rings is 2. The average Bonchev–Trinajstić information content (AvgIpc) is 3.06. The van der Waals surface area contributed by atoms with Gasteiger partial charge >= 0.3 is 0 Å². The zero-order valence-electron chi connectivity index (χ0n) is 19.6. The molecular weight excluding hydrogens is 454 g/mol. The van der Waals surface area contributed by atoms with E-state index in [9.17, 15) is 4.79 Å². The molecule has 0 radical (unpaired) electrons. The molecule has 1 amide bonds. The smallest absolute Gasteiger partial charge is 0.265 e. The second kappa shape index (κ2) is 12.1. The van der Waals surface area contributed by atoms with Gasteiger partial charge in [-0.15, -0.1) is 0 Å². The molecule has 0 spiro atoms. The highest BCUT2D eigenvalue weighted by atomic mass is 32.2. The fourth-order valence-electron chi connectivity index (χ4n) is 3.26. The lowest BCUT2D eigenvalue weighted by Gasteiger charge is -2.13. The number of nitrogens with zero attached hydrogens (tertiary/aromatic N) is 1.